The van der Waals surface area contributed by atoms with Gasteiger partial charge in [0.15, 0.2) is 0 Å². The molecule has 1 aromatic rings. The molecular weight excluding hydrogens is 334 g/mol. The van der Waals surface area contributed by atoms with E-state index in [9.17, 15) is 4.79 Å². The minimum absolute atomic E-state index is 0.00728. The highest BCUT2D eigenvalue weighted by Crippen LogP contribution is 2.14. The molecule has 2 fully saturated rings. The molecule has 1 amide bonds. The quantitative estimate of drug-likeness (QED) is 0.785. The van der Waals surface area contributed by atoms with Crippen LogP contribution >= 0.6 is 0 Å². The maximum Gasteiger partial charge on any atom is 0.222 e. The van der Waals surface area contributed by atoms with Crippen molar-refractivity contribution in [3.05, 3.63) is 18.1 Å². The third kappa shape index (κ3) is 5.36. The summed E-state index contributed by atoms with van der Waals surface area (Å²) in [5, 5.41) is 2.95. The van der Waals surface area contributed by atoms with Gasteiger partial charge in [-0.05, 0) is 13.8 Å². The van der Waals surface area contributed by atoms with Crippen LogP contribution in [-0.4, -0.2) is 78.9 Å². The zero-order valence-corrected chi connectivity index (χ0v) is 15.7. The fourth-order valence-corrected chi connectivity index (χ4v) is 3.25. The zero-order chi connectivity index (χ0) is 18.4. The van der Waals surface area contributed by atoms with E-state index in [4.69, 9.17) is 9.47 Å². The summed E-state index contributed by atoms with van der Waals surface area (Å²) in [5.74, 6) is 0.878. The Bertz CT molecular complexity index is 592. The predicted molar refractivity (Wildman–Crippen MR) is 98.0 cm³/mol. The molecule has 0 spiro atoms. The second-order valence-electron chi connectivity index (χ2n) is 7.03. The van der Waals surface area contributed by atoms with E-state index >= 15 is 0 Å². The molecule has 0 radical (unpaired) electrons. The molecular formula is C18H29N5O3. The summed E-state index contributed by atoms with van der Waals surface area (Å²) < 4.78 is 11.1. The number of nitrogens with one attached hydrogen (secondary N) is 1. The Labute approximate surface area is 154 Å². The van der Waals surface area contributed by atoms with Gasteiger partial charge in [-0.3, -0.25) is 9.69 Å². The first-order valence-corrected chi connectivity index (χ1v) is 9.38. The molecule has 0 unspecified atom stereocenters. The van der Waals surface area contributed by atoms with E-state index in [0.29, 0.717) is 38.8 Å². The number of ether oxygens (including phenoxy) is 2. The van der Waals surface area contributed by atoms with Crippen LogP contribution in [0, 0.1) is 0 Å². The van der Waals surface area contributed by atoms with Crippen LogP contribution in [0.1, 0.15) is 26.0 Å². The molecule has 8 nitrogen and oxygen atoms in total. The first-order chi connectivity index (χ1) is 12.6. The van der Waals surface area contributed by atoms with E-state index in [2.05, 4.69) is 38.9 Å². The molecule has 2 aliphatic heterocycles. The van der Waals surface area contributed by atoms with Gasteiger partial charge in [0.25, 0.3) is 0 Å². The van der Waals surface area contributed by atoms with Gasteiger partial charge < -0.3 is 19.7 Å². The van der Waals surface area contributed by atoms with Crippen molar-refractivity contribution in [3.63, 3.8) is 0 Å². The summed E-state index contributed by atoms with van der Waals surface area (Å²) in [5.41, 5.74) is 0.809. The Morgan fingerprint density at radius 3 is 2.85 bits per heavy atom. The van der Waals surface area contributed by atoms with Crippen LogP contribution in [0.4, 0.5) is 5.82 Å². The maximum atomic E-state index is 12.3. The number of amides is 1. The largest absolute Gasteiger partial charge is 0.378 e. The second kappa shape index (κ2) is 9.25. The van der Waals surface area contributed by atoms with Crippen molar-refractivity contribution in [3.8, 4) is 0 Å². The fraction of sp³-hybridized carbons (Fsp3) is 0.722. The molecule has 2 saturated heterocycles. The van der Waals surface area contributed by atoms with Gasteiger partial charge in [0.05, 0.1) is 44.6 Å². The number of aromatic nitrogens is 2. The summed E-state index contributed by atoms with van der Waals surface area (Å²) in [7, 11) is 0. The number of carbonyl (C=O) groups is 1. The lowest BCUT2D eigenvalue weighted by atomic mass is 10.1. The van der Waals surface area contributed by atoms with Crippen LogP contribution in [0.15, 0.2) is 12.4 Å². The van der Waals surface area contributed by atoms with E-state index in [1.165, 1.54) is 0 Å². The molecule has 1 N–H and O–H groups in total. The molecule has 8 heteroatoms. The van der Waals surface area contributed by atoms with Gasteiger partial charge in [-0.25, -0.2) is 9.97 Å². The van der Waals surface area contributed by atoms with E-state index < -0.39 is 0 Å². The summed E-state index contributed by atoms with van der Waals surface area (Å²) in [4.78, 5) is 25.4. The first-order valence-electron chi connectivity index (χ1n) is 9.38. The molecule has 144 valence electrons. The van der Waals surface area contributed by atoms with Crippen LogP contribution in [0.3, 0.4) is 0 Å². The van der Waals surface area contributed by atoms with Gasteiger partial charge in [0.1, 0.15) is 12.1 Å². The standard InChI is InChI=1S/C18H29N5O3/c1-14(2)23-5-8-26-16(12-23)10-18(24)19-11-15-9-17(21-13-20-15)22-3-6-25-7-4-22/h9,13-14,16H,3-8,10-12H2,1-2H3,(H,19,24)/t16-/m1/s1. The maximum absolute atomic E-state index is 12.3. The number of anilines is 1. The molecule has 26 heavy (non-hydrogen) atoms. The Morgan fingerprint density at radius 1 is 1.27 bits per heavy atom. The molecule has 0 saturated carbocycles. The van der Waals surface area contributed by atoms with E-state index in [1.807, 2.05) is 6.07 Å². The van der Waals surface area contributed by atoms with Crippen molar-refractivity contribution >= 4 is 11.7 Å². The number of rotatable bonds is 6. The average molecular weight is 363 g/mol. The lowest BCUT2D eigenvalue weighted by molar-refractivity contribution is -0.126. The number of nitrogens with zero attached hydrogens (tertiary/aromatic N) is 4. The molecule has 0 bridgehead atoms. The van der Waals surface area contributed by atoms with E-state index in [0.717, 1.165) is 37.7 Å². The van der Waals surface area contributed by atoms with Crippen molar-refractivity contribution in [2.45, 2.75) is 39.0 Å². The number of hydrogen-bond acceptors (Lipinski definition) is 7. The highest BCUT2D eigenvalue weighted by atomic mass is 16.5. The van der Waals surface area contributed by atoms with Gasteiger partial charge in [0.2, 0.25) is 5.91 Å². The summed E-state index contributed by atoms with van der Waals surface area (Å²) in [6.45, 7) is 10.2. The van der Waals surface area contributed by atoms with Crippen molar-refractivity contribution in [1.29, 1.82) is 0 Å². The molecule has 0 aromatic carbocycles. The zero-order valence-electron chi connectivity index (χ0n) is 15.7. The Balaban J connectivity index is 1.47. The predicted octanol–water partition coefficient (Wildman–Crippen LogP) is 0.429. The molecule has 3 rings (SSSR count). The Morgan fingerprint density at radius 2 is 2.08 bits per heavy atom. The van der Waals surface area contributed by atoms with Gasteiger partial charge in [0, 0.05) is 38.3 Å². The normalized spacial score (nSPS) is 21.8. The van der Waals surface area contributed by atoms with Gasteiger partial charge in [-0.15, -0.1) is 0 Å². The molecule has 2 aliphatic rings. The highest BCUT2D eigenvalue weighted by Gasteiger charge is 2.24. The number of carbonyl (C=O) groups excluding carboxylic acids is 1. The molecule has 3 heterocycles. The summed E-state index contributed by atoms with van der Waals surface area (Å²) in [6, 6.07) is 2.41. The molecule has 1 aromatic heterocycles. The van der Waals surface area contributed by atoms with Crippen molar-refractivity contribution in [2.24, 2.45) is 0 Å². The fourth-order valence-electron chi connectivity index (χ4n) is 3.25. The summed E-state index contributed by atoms with van der Waals surface area (Å²) in [6.07, 6.45) is 1.89. The lowest BCUT2D eigenvalue weighted by Crippen LogP contribution is -2.47. The second-order valence-corrected chi connectivity index (χ2v) is 7.03. The monoisotopic (exact) mass is 363 g/mol. The minimum atomic E-state index is -0.0412. The van der Waals surface area contributed by atoms with Crippen LogP contribution in [0.5, 0.6) is 0 Å². The number of hydrogen-bond donors (Lipinski definition) is 1. The van der Waals surface area contributed by atoms with Crippen LogP contribution in [0.25, 0.3) is 0 Å². The van der Waals surface area contributed by atoms with Crippen LogP contribution in [0.2, 0.25) is 0 Å². The van der Waals surface area contributed by atoms with Crippen molar-refractivity contribution in [2.75, 3.05) is 50.9 Å². The lowest BCUT2D eigenvalue weighted by Gasteiger charge is -2.35. The van der Waals surface area contributed by atoms with Crippen LogP contribution in [-0.2, 0) is 20.8 Å². The van der Waals surface area contributed by atoms with Gasteiger partial charge in [-0.1, -0.05) is 0 Å². The summed E-state index contributed by atoms with van der Waals surface area (Å²) >= 11 is 0. The third-order valence-electron chi connectivity index (χ3n) is 4.82. The van der Waals surface area contributed by atoms with Gasteiger partial charge in [-0.2, -0.15) is 0 Å². The first kappa shape index (κ1) is 19.0. The van der Waals surface area contributed by atoms with Crippen molar-refractivity contribution in [1.82, 2.24) is 20.2 Å². The molecule has 0 aliphatic carbocycles. The van der Waals surface area contributed by atoms with E-state index in [1.54, 1.807) is 6.33 Å². The topological polar surface area (TPSA) is 79.8 Å². The Kier molecular flexibility index (Phi) is 6.76. The smallest absolute Gasteiger partial charge is 0.222 e. The Hall–Kier alpha value is -1.77. The number of morpholine rings is 2. The van der Waals surface area contributed by atoms with Gasteiger partial charge >= 0.3 is 0 Å². The van der Waals surface area contributed by atoms with Crippen LogP contribution < -0.4 is 10.2 Å². The average Bonchev–Trinajstić information content (AvgIpc) is 2.67. The molecule has 1 atom stereocenters. The van der Waals surface area contributed by atoms with Crippen molar-refractivity contribution < 1.29 is 14.3 Å². The highest BCUT2D eigenvalue weighted by molar-refractivity contribution is 5.76. The minimum Gasteiger partial charge on any atom is -0.378 e. The SMILES string of the molecule is CC(C)N1CCO[C@H](CC(=O)NCc2cc(N3CCOCC3)ncn2)C1. The third-order valence-corrected chi connectivity index (χ3v) is 4.82. The van der Waals surface area contributed by atoms with E-state index in [-0.39, 0.29) is 12.0 Å².